The van der Waals surface area contributed by atoms with Crippen LogP contribution in [0, 0.1) is 5.92 Å². The quantitative estimate of drug-likeness (QED) is 0.440. The maximum Gasteiger partial charge on any atom is 0.191 e. The van der Waals surface area contributed by atoms with Crippen molar-refractivity contribution in [2.24, 2.45) is 18.0 Å². The van der Waals surface area contributed by atoms with Gasteiger partial charge in [-0.05, 0) is 35.4 Å². The Labute approximate surface area is 155 Å². The maximum absolute atomic E-state index is 4.30. The smallest absolute Gasteiger partial charge is 0.191 e. The molecule has 1 fully saturated rings. The minimum absolute atomic E-state index is 0. The summed E-state index contributed by atoms with van der Waals surface area (Å²) in [7, 11) is 3.86. The number of hydrogen-bond acceptors (Lipinski definition) is 1. The SMILES string of the molecule is CN=C(NCc1ccn(C)c1)NCC1CC1c1ccccc1.I. The molecule has 0 spiro atoms. The molecule has 5 heteroatoms. The molecule has 0 amide bonds. The molecule has 0 bridgehead atoms. The summed E-state index contributed by atoms with van der Waals surface area (Å²) < 4.78 is 2.06. The van der Waals surface area contributed by atoms with Gasteiger partial charge in [-0.2, -0.15) is 0 Å². The molecule has 3 rings (SSSR count). The summed E-state index contributed by atoms with van der Waals surface area (Å²) in [4.78, 5) is 4.30. The van der Waals surface area contributed by atoms with Crippen molar-refractivity contribution >= 4 is 29.9 Å². The van der Waals surface area contributed by atoms with Crippen LogP contribution in [0.4, 0.5) is 0 Å². The average molecular weight is 424 g/mol. The van der Waals surface area contributed by atoms with Crippen LogP contribution in [0.1, 0.15) is 23.5 Å². The van der Waals surface area contributed by atoms with E-state index < -0.39 is 0 Å². The molecule has 0 aliphatic heterocycles. The molecular weight excluding hydrogens is 399 g/mol. The Hall–Kier alpha value is -1.50. The second-order valence-electron chi connectivity index (χ2n) is 6.00. The fraction of sp³-hybridized carbons (Fsp3) is 0.389. The van der Waals surface area contributed by atoms with Crippen LogP contribution in [0.2, 0.25) is 0 Å². The molecule has 1 saturated carbocycles. The normalized spacial score (nSPS) is 19.8. The van der Waals surface area contributed by atoms with Gasteiger partial charge in [-0.15, -0.1) is 24.0 Å². The van der Waals surface area contributed by atoms with E-state index in [0.717, 1.165) is 25.0 Å². The summed E-state index contributed by atoms with van der Waals surface area (Å²) in [5.74, 6) is 2.31. The van der Waals surface area contributed by atoms with Crippen molar-refractivity contribution in [2.45, 2.75) is 18.9 Å². The monoisotopic (exact) mass is 424 g/mol. The first-order chi connectivity index (χ1) is 10.8. The summed E-state index contributed by atoms with van der Waals surface area (Å²) in [5, 5.41) is 6.80. The molecule has 1 aromatic heterocycles. The summed E-state index contributed by atoms with van der Waals surface area (Å²) >= 11 is 0. The molecule has 0 saturated heterocycles. The van der Waals surface area contributed by atoms with Gasteiger partial charge in [-0.1, -0.05) is 30.3 Å². The lowest BCUT2D eigenvalue weighted by atomic mass is 10.1. The third-order valence-electron chi connectivity index (χ3n) is 4.26. The van der Waals surface area contributed by atoms with Crippen LogP contribution < -0.4 is 10.6 Å². The molecule has 1 aliphatic carbocycles. The minimum Gasteiger partial charge on any atom is -0.357 e. The van der Waals surface area contributed by atoms with E-state index in [1.165, 1.54) is 17.5 Å². The predicted molar refractivity (Wildman–Crippen MR) is 106 cm³/mol. The van der Waals surface area contributed by atoms with Crippen LogP contribution in [-0.4, -0.2) is 24.1 Å². The van der Waals surface area contributed by atoms with Crippen molar-refractivity contribution in [3.05, 3.63) is 59.9 Å². The van der Waals surface area contributed by atoms with Gasteiger partial charge in [0, 0.05) is 39.6 Å². The number of benzene rings is 1. The third kappa shape index (κ3) is 4.99. The first kappa shape index (κ1) is 17.8. The van der Waals surface area contributed by atoms with Crippen molar-refractivity contribution in [2.75, 3.05) is 13.6 Å². The van der Waals surface area contributed by atoms with Gasteiger partial charge in [0.2, 0.25) is 0 Å². The Kier molecular flexibility index (Phi) is 6.50. The number of hydrogen-bond donors (Lipinski definition) is 2. The van der Waals surface area contributed by atoms with Gasteiger partial charge >= 0.3 is 0 Å². The molecule has 23 heavy (non-hydrogen) atoms. The summed E-state index contributed by atoms with van der Waals surface area (Å²) in [6.45, 7) is 1.78. The second-order valence-corrected chi connectivity index (χ2v) is 6.00. The van der Waals surface area contributed by atoms with Gasteiger partial charge < -0.3 is 15.2 Å². The standard InChI is InChI=1S/C18H24N4.HI/c1-19-18(20-11-14-8-9-22(2)13-14)21-12-16-10-17(16)15-6-4-3-5-7-15;/h3-9,13,16-17H,10-12H2,1-2H3,(H2,19,20,21);1H. The van der Waals surface area contributed by atoms with Gasteiger partial charge in [0.05, 0.1) is 0 Å². The highest BCUT2D eigenvalue weighted by molar-refractivity contribution is 14.0. The first-order valence-corrected chi connectivity index (χ1v) is 7.86. The van der Waals surface area contributed by atoms with Gasteiger partial charge in [0.15, 0.2) is 5.96 Å². The summed E-state index contributed by atoms with van der Waals surface area (Å²) in [6.07, 6.45) is 5.45. The topological polar surface area (TPSA) is 41.4 Å². The zero-order valence-corrected chi connectivity index (χ0v) is 16.0. The number of aliphatic imine (C=N–C) groups is 1. The molecule has 2 unspecified atom stereocenters. The number of guanidine groups is 1. The number of rotatable bonds is 5. The summed E-state index contributed by atoms with van der Waals surface area (Å²) in [6, 6.07) is 12.9. The molecule has 1 aromatic carbocycles. The first-order valence-electron chi connectivity index (χ1n) is 7.86. The average Bonchev–Trinajstić information content (AvgIpc) is 3.21. The minimum atomic E-state index is 0. The van der Waals surface area contributed by atoms with E-state index in [1.807, 2.05) is 14.1 Å². The fourth-order valence-corrected chi connectivity index (χ4v) is 2.88. The van der Waals surface area contributed by atoms with E-state index in [1.54, 1.807) is 0 Å². The van der Waals surface area contributed by atoms with Crippen LogP contribution in [0.15, 0.2) is 53.8 Å². The fourth-order valence-electron chi connectivity index (χ4n) is 2.88. The zero-order chi connectivity index (χ0) is 15.4. The van der Waals surface area contributed by atoms with Crippen molar-refractivity contribution in [3.63, 3.8) is 0 Å². The number of nitrogens with one attached hydrogen (secondary N) is 2. The van der Waals surface area contributed by atoms with Crippen molar-refractivity contribution in [1.82, 2.24) is 15.2 Å². The van der Waals surface area contributed by atoms with Crippen molar-refractivity contribution < 1.29 is 0 Å². The highest BCUT2D eigenvalue weighted by atomic mass is 127. The van der Waals surface area contributed by atoms with Gasteiger partial charge in [-0.25, -0.2) is 0 Å². The van der Waals surface area contributed by atoms with Gasteiger partial charge in [0.25, 0.3) is 0 Å². The largest absolute Gasteiger partial charge is 0.357 e. The molecule has 2 atom stereocenters. The molecule has 2 N–H and O–H groups in total. The highest BCUT2D eigenvalue weighted by Gasteiger charge is 2.37. The van der Waals surface area contributed by atoms with E-state index in [4.69, 9.17) is 0 Å². The number of halogens is 1. The van der Waals surface area contributed by atoms with Crippen LogP contribution in [-0.2, 0) is 13.6 Å². The lowest BCUT2D eigenvalue weighted by Crippen LogP contribution is -2.37. The summed E-state index contributed by atoms with van der Waals surface area (Å²) in [5.41, 5.74) is 2.72. The number of aromatic nitrogens is 1. The Morgan fingerprint density at radius 1 is 1.22 bits per heavy atom. The van der Waals surface area contributed by atoms with E-state index in [2.05, 4.69) is 69.0 Å². The molecule has 0 radical (unpaired) electrons. The predicted octanol–water partition coefficient (Wildman–Crippen LogP) is 3.11. The van der Waals surface area contributed by atoms with E-state index in [0.29, 0.717) is 5.92 Å². The Morgan fingerprint density at radius 3 is 2.65 bits per heavy atom. The Balaban J connectivity index is 0.00000192. The van der Waals surface area contributed by atoms with E-state index in [-0.39, 0.29) is 24.0 Å². The van der Waals surface area contributed by atoms with Crippen LogP contribution in [0.5, 0.6) is 0 Å². The molecule has 4 nitrogen and oxygen atoms in total. The molecule has 124 valence electrons. The molecule has 1 heterocycles. The van der Waals surface area contributed by atoms with Gasteiger partial charge in [-0.3, -0.25) is 4.99 Å². The lowest BCUT2D eigenvalue weighted by Gasteiger charge is -2.11. The van der Waals surface area contributed by atoms with Crippen LogP contribution >= 0.6 is 24.0 Å². The molecule has 2 aromatic rings. The second kappa shape index (κ2) is 8.38. The third-order valence-corrected chi connectivity index (χ3v) is 4.26. The van der Waals surface area contributed by atoms with Crippen LogP contribution in [0.25, 0.3) is 0 Å². The highest BCUT2D eigenvalue weighted by Crippen LogP contribution is 2.46. The maximum atomic E-state index is 4.30. The molecular formula is C18H25IN4. The Morgan fingerprint density at radius 2 is 2.00 bits per heavy atom. The zero-order valence-electron chi connectivity index (χ0n) is 13.7. The van der Waals surface area contributed by atoms with Gasteiger partial charge in [0.1, 0.15) is 0 Å². The Bertz CT molecular complexity index is 635. The lowest BCUT2D eigenvalue weighted by molar-refractivity contribution is 0.719. The van der Waals surface area contributed by atoms with Crippen LogP contribution in [0.3, 0.4) is 0 Å². The molecule has 1 aliphatic rings. The van der Waals surface area contributed by atoms with E-state index >= 15 is 0 Å². The number of nitrogens with zero attached hydrogens (tertiary/aromatic N) is 2. The number of aryl methyl sites for hydroxylation is 1. The van der Waals surface area contributed by atoms with Crippen molar-refractivity contribution in [1.29, 1.82) is 0 Å². The van der Waals surface area contributed by atoms with Crippen molar-refractivity contribution in [3.8, 4) is 0 Å². The van der Waals surface area contributed by atoms with E-state index in [9.17, 15) is 0 Å².